The lowest BCUT2D eigenvalue weighted by molar-refractivity contribution is -0.124. The second-order valence-corrected chi connectivity index (χ2v) is 6.57. The van der Waals surface area contributed by atoms with Crippen LogP contribution in [-0.4, -0.2) is 12.5 Å². The first-order chi connectivity index (χ1) is 11.1. The predicted octanol–water partition coefficient (Wildman–Crippen LogP) is 4.23. The Morgan fingerprint density at radius 3 is 2.65 bits per heavy atom. The molecule has 0 aliphatic heterocycles. The van der Waals surface area contributed by atoms with Gasteiger partial charge in [0.1, 0.15) is 0 Å². The van der Waals surface area contributed by atoms with Crippen LogP contribution >= 0.6 is 15.9 Å². The fraction of sp³-hybridized carbons (Fsp3) is 0.278. The zero-order valence-electron chi connectivity index (χ0n) is 12.5. The minimum absolute atomic E-state index is 0.00191. The van der Waals surface area contributed by atoms with E-state index in [-0.39, 0.29) is 24.3 Å². The van der Waals surface area contributed by atoms with E-state index in [0.29, 0.717) is 10.4 Å². The van der Waals surface area contributed by atoms with Crippen molar-refractivity contribution in [3.8, 4) is 5.75 Å². The molecular weight excluding hydrogens is 361 g/mol. The van der Waals surface area contributed by atoms with Gasteiger partial charge in [-0.25, -0.2) is 4.39 Å². The molecule has 120 valence electrons. The van der Waals surface area contributed by atoms with E-state index in [2.05, 4.69) is 21.2 Å². The number of hydrogen-bond acceptors (Lipinski definition) is 2. The molecule has 2 aromatic rings. The van der Waals surface area contributed by atoms with Gasteiger partial charge in [-0.2, -0.15) is 0 Å². The van der Waals surface area contributed by atoms with Gasteiger partial charge in [-0.3, -0.25) is 4.79 Å². The maximum atomic E-state index is 13.7. The quantitative estimate of drug-likeness (QED) is 0.817. The van der Waals surface area contributed by atoms with E-state index in [1.54, 1.807) is 6.07 Å². The lowest BCUT2D eigenvalue weighted by Crippen LogP contribution is -2.33. The van der Waals surface area contributed by atoms with E-state index >= 15 is 0 Å². The van der Waals surface area contributed by atoms with E-state index in [1.807, 2.05) is 30.3 Å². The maximum absolute atomic E-state index is 13.7. The molecule has 3 nitrogen and oxygen atoms in total. The van der Waals surface area contributed by atoms with Gasteiger partial charge < -0.3 is 10.1 Å². The molecule has 0 aromatic heterocycles. The third-order valence-electron chi connectivity index (χ3n) is 3.82. The number of benzene rings is 2. The van der Waals surface area contributed by atoms with Gasteiger partial charge in [-0.05, 0) is 42.5 Å². The van der Waals surface area contributed by atoms with Gasteiger partial charge in [0.15, 0.2) is 18.2 Å². The van der Waals surface area contributed by atoms with Crippen LogP contribution in [0, 0.1) is 11.7 Å². The minimum atomic E-state index is -0.492. The molecule has 1 aliphatic rings. The third kappa shape index (κ3) is 4.32. The van der Waals surface area contributed by atoms with Crippen LogP contribution in [0.3, 0.4) is 0 Å². The van der Waals surface area contributed by atoms with Crippen molar-refractivity contribution >= 4 is 21.8 Å². The SMILES string of the molecule is O=C(COc1ccc(Br)cc1F)N[C@H](c1ccccc1)C1CC1. The minimum Gasteiger partial charge on any atom is -0.481 e. The van der Waals surface area contributed by atoms with Gasteiger partial charge in [0, 0.05) is 4.47 Å². The second-order valence-electron chi connectivity index (χ2n) is 5.66. The van der Waals surface area contributed by atoms with Gasteiger partial charge in [0.2, 0.25) is 0 Å². The molecule has 1 aliphatic carbocycles. The second kappa shape index (κ2) is 7.13. The fourth-order valence-corrected chi connectivity index (χ4v) is 2.85. The Labute approximate surface area is 143 Å². The molecule has 0 saturated heterocycles. The molecule has 0 radical (unpaired) electrons. The first kappa shape index (κ1) is 16.0. The van der Waals surface area contributed by atoms with Crippen molar-refractivity contribution in [2.45, 2.75) is 18.9 Å². The summed E-state index contributed by atoms with van der Waals surface area (Å²) in [5, 5.41) is 3.00. The van der Waals surface area contributed by atoms with Crippen molar-refractivity contribution in [2.24, 2.45) is 5.92 Å². The highest BCUT2D eigenvalue weighted by Gasteiger charge is 2.33. The molecule has 0 heterocycles. The molecule has 0 spiro atoms. The standard InChI is InChI=1S/C18H17BrFNO2/c19-14-8-9-16(15(20)10-14)23-11-17(22)21-18(13-6-7-13)12-4-2-1-3-5-12/h1-5,8-10,13,18H,6-7,11H2,(H,21,22)/t18-/m1/s1. The normalized spacial score (nSPS) is 15.0. The van der Waals surface area contributed by atoms with Crippen molar-refractivity contribution in [1.82, 2.24) is 5.32 Å². The summed E-state index contributed by atoms with van der Waals surface area (Å²) in [7, 11) is 0. The zero-order chi connectivity index (χ0) is 16.2. The largest absolute Gasteiger partial charge is 0.481 e. The summed E-state index contributed by atoms with van der Waals surface area (Å²) in [5.74, 6) is -0.182. The summed E-state index contributed by atoms with van der Waals surface area (Å²) < 4.78 is 19.6. The Morgan fingerprint density at radius 2 is 2.00 bits per heavy atom. The lowest BCUT2D eigenvalue weighted by Gasteiger charge is -2.19. The monoisotopic (exact) mass is 377 g/mol. The fourth-order valence-electron chi connectivity index (χ4n) is 2.51. The molecule has 1 N–H and O–H groups in total. The predicted molar refractivity (Wildman–Crippen MR) is 89.6 cm³/mol. The number of nitrogens with one attached hydrogen (secondary N) is 1. The smallest absolute Gasteiger partial charge is 0.258 e. The number of rotatable bonds is 6. The van der Waals surface area contributed by atoms with Crippen LogP contribution in [0.4, 0.5) is 4.39 Å². The van der Waals surface area contributed by atoms with Crippen molar-refractivity contribution in [2.75, 3.05) is 6.61 Å². The molecule has 1 amide bonds. The van der Waals surface area contributed by atoms with Crippen molar-refractivity contribution in [1.29, 1.82) is 0 Å². The molecule has 5 heteroatoms. The summed E-state index contributed by atoms with van der Waals surface area (Å²) >= 11 is 3.18. The van der Waals surface area contributed by atoms with Crippen LogP contribution in [0.1, 0.15) is 24.4 Å². The Kier molecular flexibility index (Phi) is 4.96. The van der Waals surface area contributed by atoms with E-state index in [1.165, 1.54) is 12.1 Å². The number of amides is 1. The first-order valence-electron chi connectivity index (χ1n) is 7.55. The van der Waals surface area contributed by atoms with Crippen molar-refractivity contribution in [3.05, 3.63) is 64.4 Å². The van der Waals surface area contributed by atoms with E-state index < -0.39 is 5.82 Å². The van der Waals surface area contributed by atoms with Gasteiger partial charge >= 0.3 is 0 Å². The van der Waals surface area contributed by atoms with Crippen molar-refractivity contribution in [3.63, 3.8) is 0 Å². The summed E-state index contributed by atoms with van der Waals surface area (Å²) in [5.41, 5.74) is 1.10. The molecule has 23 heavy (non-hydrogen) atoms. The average Bonchev–Trinajstić information content (AvgIpc) is 3.37. The number of carbonyl (C=O) groups is 1. The summed E-state index contributed by atoms with van der Waals surface area (Å²) in [4.78, 5) is 12.1. The molecule has 0 unspecified atom stereocenters. The number of ether oxygens (including phenoxy) is 1. The van der Waals surface area contributed by atoms with Crippen LogP contribution in [0.25, 0.3) is 0 Å². The maximum Gasteiger partial charge on any atom is 0.258 e. The average molecular weight is 378 g/mol. The Hall–Kier alpha value is -1.88. The summed E-state index contributed by atoms with van der Waals surface area (Å²) in [6, 6.07) is 14.4. The molecule has 1 atom stereocenters. The highest BCUT2D eigenvalue weighted by molar-refractivity contribution is 9.10. The molecule has 1 fully saturated rings. The highest BCUT2D eigenvalue weighted by Crippen LogP contribution is 2.40. The Morgan fingerprint density at radius 1 is 1.26 bits per heavy atom. The molecule has 1 saturated carbocycles. The third-order valence-corrected chi connectivity index (χ3v) is 4.31. The lowest BCUT2D eigenvalue weighted by atomic mass is 10.0. The van der Waals surface area contributed by atoms with Crippen LogP contribution < -0.4 is 10.1 Å². The number of carbonyl (C=O) groups excluding carboxylic acids is 1. The van der Waals surface area contributed by atoms with E-state index in [4.69, 9.17) is 4.74 Å². The zero-order valence-corrected chi connectivity index (χ0v) is 14.1. The molecule has 2 aromatic carbocycles. The van der Waals surface area contributed by atoms with Gasteiger partial charge in [0.25, 0.3) is 5.91 Å². The van der Waals surface area contributed by atoms with Crippen molar-refractivity contribution < 1.29 is 13.9 Å². The molecule has 0 bridgehead atoms. The van der Waals surface area contributed by atoms with E-state index in [0.717, 1.165) is 18.4 Å². The number of halogens is 2. The van der Waals surface area contributed by atoms with E-state index in [9.17, 15) is 9.18 Å². The van der Waals surface area contributed by atoms with Gasteiger partial charge in [0.05, 0.1) is 6.04 Å². The number of hydrogen-bond donors (Lipinski definition) is 1. The van der Waals surface area contributed by atoms with Crippen LogP contribution in [0.5, 0.6) is 5.75 Å². The van der Waals surface area contributed by atoms with Crippen LogP contribution in [0.2, 0.25) is 0 Å². The first-order valence-corrected chi connectivity index (χ1v) is 8.35. The Balaban J connectivity index is 1.59. The van der Waals surface area contributed by atoms with Crippen LogP contribution in [0.15, 0.2) is 53.0 Å². The Bertz CT molecular complexity index is 689. The molecule has 3 rings (SSSR count). The van der Waals surface area contributed by atoms with Gasteiger partial charge in [-0.15, -0.1) is 0 Å². The topological polar surface area (TPSA) is 38.3 Å². The highest BCUT2D eigenvalue weighted by atomic mass is 79.9. The van der Waals surface area contributed by atoms with Gasteiger partial charge in [-0.1, -0.05) is 46.3 Å². The van der Waals surface area contributed by atoms with Crippen LogP contribution in [-0.2, 0) is 4.79 Å². The summed E-state index contributed by atoms with van der Waals surface area (Å²) in [6.45, 7) is -0.200. The molecular formula is C18H17BrFNO2. The summed E-state index contributed by atoms with van der Waals surface area (Å²) in [6.07, 6.45) is 2.23.